The third kappa shape index (κ3) is 3.17. The molecule has 1 fully saturated rings. The molecule has 0 spiro atoms. The highest BCUT2D eigenvalue weighted by molar-refractivity contribution is 5.97. The molecular weight excluding hydrogens is 250 g/mol. The maximum atomic E-state index is 12.4. The number of aryl methyl sites for hydroxylation is 1. The maximum absolute atomic E-state index is 12.4. The first kappa shape index (κ1) is 13.1. The van der Waals surface area contributed by atoms with Crippen molar-refractivity contribution in [3.8, 4) is 0 Å². The van der Waals surface area contributed by atoms with Gasteiger partial charge in [0.1, 0.15) is 5.76 Å². The molecule has 3 heteroatoms. The van der Waals surface area contributed by atoms with Gasteiger partial charge in [0.25, 0.3) is 0 Å². The fourth-order valence-electron chi connectivity index (χ4n) is 2.45. The molecule has 0 amide bonds. The Labute approximate surface area is 119 Å². The predicted octanol–water partition coefficient (Wildman–Crippen LogP) is 3.44. The standard InChI is InChI=1S/C17H19NO2/c1-13-4-2-5-14(10-13)17(19)12-18(15-7-8-15)11-16-6-3-9-20-16/h2-6,9-10,15H,7-8,11-12H2,1H3. The Morgan fingerprint density at radius 2 is 2.15 bits per heavy atom. The van der Waals surface area contributed by atoms with E-state index >= 15 is 0 Å². The largest absolute Gasteiger partial charge is 0.468 e. The van der Waals surface area contributed by atoms with Crippen LogP contribution in [0.4, 0.5) is 0 Å². The van der Waals surface area contributed by atoms with E-state index in [1.807, 2.05) is 43.3 Å². The van der Waals surface area contributed by atoms with E-state index in [0.717, 1.165) is 23.4 Å². The van der Waals surface area contributed by atoms with Crippen LogP contribution >= 0.6 is 0 Å². The van der Waals surface area contributed by atoms with E-state index in [-0.39, 0.29) is 5.78 Å². The van der Waals surface area contributed by atoms with Crippen LogP contribution in [0.2, 0.25) is 0 Å². The Hall–Kier alpha value is -1.87. The summed E-state index contributed by atoms with van der Waals surface area (Å²) in [6, 6.07) is 12.2. The van der Waals surface area contributed by atoms with E-state index in [1.54, 1.807) is 6.26 Å². The number of nitrogens with zero attached hydrogens (tertiary/aromatic N) is 1. The molecule has 3 nitrogen and oxygen atoms in total. The van der Waals surface area contributed by atoms with E-state index in [0.29, 0.717) is 12.6 Å². The Morgan fingerprint density at radius 3 is 2.80 bits per heavy atom. The molecule has 1 aromatic heterocycles. The van der Waals surface area contributed by atoms with Gasteiger partial charge in [-0.15, -0.1) is 0 Å². The highest BCUT2D eigenvalue weighted by Crippen LogP contribution is 2.28. The van der Waals surface area contributed by atoms with Gasteiger partial charge in [-0.2, -0.15) is 0 Å². The summed E-state index contributed by atoms with van der Waals surface area (Å²) in [7, 11) is 0. The summed E-state index contributed by atoms with van der Waals surface area (Å²) in [6.07, 6.45) is 4.05. The van der Waals surface area contributed by atoms with Gasteiger partial charge in [-0.05, 0) is 38.0 Å². The lowest BCUT2D eigenvalue weighted by molar-refractivity contribution is 0.0913. The molecule has 0 radical (unpaired) electrons. The number of Topliss-reactive ketones (excluding diaryl/α,β-unsaturated/α-hetero) is 1. The molecule has 2 aromatic rings. The molecule has 0 unspecified atom stereocenters. The fraction of sp³-hybridized carbons (Fsp3) is 0.353. The predicted molar refractivity (Wildman–Crippen MR) is 77.6 cm³/mol. The molecule has 1 heterocycles. The van der Waals surface area contributed by atoms with E-state index in [2.05, 4.69) is 4.90 Å². The summed E-state index contributed by atoms with van der Waals surface area (Å²) in [5.74, 6) is 1.11. The van der Waals surface area contributed by atoms with Gasteiger partial charge in [0, 0.05) is 11.6 Å². The smallest absolute Gasteiger partial charge is 0.176 e. The van der Waals surface area contributed by atoms with Crippen molar-refractivity contribution in [3.05, 3.63) is 59.5 Å². The van der Waals surface area contributed by atoms with Gasteiger partial charge in [-0.25, -0.2) is 0 Å². The molecule has 1 aliphatic carbocycles. The Morgan fingerprint density at radius 1 is 1.30 bits per heavy atom. The van der Waals surface area contributed by atoms with Gasteiger partial charge in [0.15, 0.2) is 5.78 Å². The lowest BCUT2D eigenvalue weighted by atomic mass is 10.1. The monoisotopic (exact) mass is 269 g/mol. The average molecular weight is 269 g/mol. The number of benzene rings is 1. The molecule has 20 heavy (non-hydrogen) atoms. The number of hydrogen-bond donors (Lipinski definition) is 0. The van der Waals surface area contributed by atoms with Gasteiger partial charge < -0.3 is 4.42 Å². The summed E-state index contributed by atoms with van der Waals surface area (Å²) in [4.78, 5) is 14.6. The molecule has 0 N–H and O–H groups in total. The van der Waals surface area contributed by atoms with Crippen molar-refractivity contribution in [2.45, 2.75) is 32.4 Å². The zero-order chi connectivity index (χ0) is 13.9. The second-order valence-electron chi connectivity index (χ2n) is 5.51. The number of carbonyl (C=O) groups excluding carboxylic acids is 1. The van der Waals surface area contributed by atoms with Crippen LogP contribution in [0.25, 0.3) is 0 Å². The minimum absolute atomic E-state index is 0.187. The molecule has 1 saturated carbocycles. The molecule has 1 aliphatic rings. The third-order valence-electron chi connectivity index (χ3n) is 3.69. The van der Waals surface area contributed by atoms with Crippen molar-refractivity contribution in [1.29, 1.82) is 0 Å². The van der Waals surface area contributed by atoms with E-state index in [4.69, 9.17) is 4.42 Å². The van der Waals surface area contributed by atoms with Crippen LogP contribution < -0.4 is 0 Å². The third-order valence-corrected chi connectivity index (χ3v) is 3.69. The SMILES string of the molecule is Cc1cccc(C(=O)CN(Cc2ccco2)C2CC2)c1. The van der Waals surface area contributed by atoms with Crippen LogP contribution in [0.3, 0.4) is 0 Å². The van der Waals surface area contributed by atoms with Crippen LogP contribution in [0, 0.1) is 6.92 Å². The van der Waals surface area contributed by atoms with E-state index in [9.17, 15) is 4.79 Å². The second-order valence-corrected chi connectivity index (χ2v) is 5.51. The number of rotatable bonds is 6. The number of carbonyl (C=O) groups is 1. The normalized spacial score (nSPS) is 14.7. The van der Waals surface area contributed by atoms with Gasteiger partial charge in [0.05, 0.1) is 19.4 Å². The van der Waals surface area contributed by atoms with Crippen molar-refractivity contribution in [2.75, 3.05) is 6.54 Å². The molecule has 0 atom stereocenters. The topological polar surface area (TPSA) is 33.5 Å². The highest BCUT2D eigenvalue weighted by Gasteiger charge is 2.30. The summed E-state index contributed by atoms with van der Waals surface area (Å²) in [5, 5.41) is 0. The lowest BCUT2D eigenvalue weighted by Gasteiger charge is -2.19. The van der Waals surface area contributed by atoms with Crippen LogP contribution in [-0.2, 0) is 6.54 Å². The summed E-state index contributed by atoms with van der Waals surface area (Å²) in [6.45, 7) is 3.20. The zero-order valence-electron chi connectivity index (χ0n) is 11.7. The molecule has 0 saturated heterocycles. The van der Waals surface area contributed by atoms with Gasteiger partial charge in [0.2, 0.25) is 0 Å². The first-order valence-electron chi connectivity index (χ1n) is 7.08. The van der Waals surface area contributed by atoms with Crippen molar-refractivity contribution in [3.63, 3.8) is 0 Å². The first-order chi connectivity index (χ1) is 9.72. The molecule has 104 valence electrons. The molecular formula is C17H19NO2. The van der Waals surface area contributed by atoms with Crippen molar-refractivity contribution >= 4 is 5.78 Å². The molecule has 3 rings (SSSR count). The zero-order valence-corrected chi connectivity index (χ0v) is 11.7. The summed E-state index contributed by atoms with van der Waals surface area (Å²) in [5.41, 5.74) is 1.93. The number of furan rings is 1. The number of hydrogen-bond acceptors (Lipinski definition) is 3. The van der Waals surface area contributed by atoms with E-state index < -0.39 is 0 Å². The summed E-state index contributed by atoms with van der Waals surface area (Å²) >= 11 is 0. The van der Waals surface area contributed by atoms with Crippen LogP contribution in [0.1, 0.15) is 34.5 Å². The van der Waals surface area contributed by atoms with E-state index in [1.165, 1.54) is 12.8 Å². The van der Waals surface area contributed by atoms with Crippen molar-refractivity contribution in [2.24, 2.45) is 0 Å². The highest BCUT2D eigenvalue weighted by atomic mass is 16.3. The van der Waals surface area contributed by atoms with Crippen LogP contribution in [0.15, 0.2) is 47.1 Å². The molecule has 0 bridgehead atoms. The summed E-state index contributed by atoms with van der Waals surface area (Å²) < 4.78 is 5.40. The second kappa shape index (κ2) is 5.63. The maximum Gasteiger partial charge on any atom is 0.176 e. The van der Waals surface area contributed by atoms with Gasteiger partial charge in [-0.1, -0.05) is 23.8 Å². The molecule has 0 aliphatic heterocycles. The van der Waals surface area contributed by atoms with Crippen LogP contribution in [0.5, 0.6) is 0 Å². The average Bonchev–Trinajstić information content (AvgIpc) is 3.16. The lowest BCUT2D eigenvalue weighted by Crippen LogP contribution is -2.31. The minimum atomic E-state index is 0.187. The first-order valence-corrected chi connectivity index (χ1v) is 7.08. The quantitative estimate of drug-likeness (QED) is 0.753. The fourth-order valence-corrected chi connectivity index (χ4v) is 2.45. The molecule has 1 aromatic carbocycles. The Bertz CT molecular complexity index is 585. The van der Waals surface area contributed by atoms with Crippen LogP contribution in [-0.4, -0.2) is 23.3 Å². The Kier molecular flexibility index (Phi) is 3.70. The van der Waals surface area contributed by atoms with Gasteiger partial charge >= 0.3 is 0 Å². The Balaban J connectivity index is 1.68. The minimum Gasteiger partial charge on any atom is -0.468 e. The number of ketones is 1. The van der Waals surface area contributed by atoms with Crippen molar-refractivity contribution in [1.82, 2.24) is 4.90 Å². The van der Waals surface area contributed by atoms with Crippen molar-refractivity contribution < 1.29 is 9.21 Å². The van der Waals surface area contributed by atoms with Gasteiger partial charge in [-0.3, -0.25) is 9.69 Å².